The maximum Gasteiger partial charge on any atom is 0.310 e. The van der Waals surface area contributed by atoms with Gasteiger partial charge in [-0.2, -0.15) is 0 Å². The highest BCUT2D eigenvalue weighted by atomic mass is 16.7. The predicted molar refractivity (Wildman–Crippen MR) is 113 cm³/mol. The molecular weight excluding hydrogens is 416 g/mol. The molecule has 1 saturated heterocycles. The van der Waals surface area contributed by atoms with E-state index >= 15 is 0 Å². The molecule has 0 amide bonds. The first-order chi connectivity index (χ1) is 15.6. The number of carbonyl (C=O) groups is 1. The summed E-state index contributed by atoms with van der Waals surface area (Å²) in [6.07, 6.45) is -0.278. The lowest BCUT2D eigenvalue weighted by Crippen LogP contribution is -2.35. The highest BCUT2D eigenvalue weighted by molar-refractivity contribution is 5.79. The maximum absolute atomic E-state index is 13.0. The Labute approximate surface area is 186 Å². The second kappa shape index (κ2) is 8.09. The van der Waals surface area contributed by atoms with Crippen LogP contribution in [0, 0.1) is 11.8 Å². The van der Waals surface area contributed by atoms with E-state index in [1.54, 1.807) is 21.3 Å². The number of methoxy groups -OCH3 is 3. The molecule has 0 spiro atoms. The quantitative estimate of drug-likeness (QED) is 0.630. The summed E-state index contributed by atoms with van der Waals surface area (Å²) in [7, 11) is 4.71. The van der Waals surface area contributed by atoms with Crippen LogP contribution in [0.3, 0.4) is 0 Å². The molecule has 8 heteroatoms. The van der Waals surface area contributed by atoms with Crippen molar-refractivity contribution in [2.75, 3.05) is 41.3 Å². The van der Waals surface area contributed by atoms with Gasteiger partial charge in [0.1, 0.15) is 0 Å². The van der Waals surface area contributed by atoms with Crippen molar-refractivity contribution in [3.63, 3.8) is 0 Å². The molecule has 5 rings (SSSR count). The summed E-state index contributed by atoms with van der Waals surface area (Å²) in [6.45, 7) is 2.94. The molecule has 0 N–H and O–H groups in total. The summed E-state index contributed by atoms with van der Waals surface area (Å²) >= 11 is 0. The molecule has 3 aliphatic rings. The molecule has 8 nitrogen and oxygen atoms in total. The average molecular weight is 442 g/mol. The van der Waals surface area contributed by atoms with E-state index in [0.29, 0.717) is 42.0 Å². The molecule has 0 saturated carbocycles. The van der Waals surface area contributed by atoms with Gasteiger partial charge in [-0.3, -0.25) is 4.79 Å². The Kier molecular flexibility index (Phi) is 5.25. The van der Waals surface area contributed by atoms with Crippen molar-refractivity contribution in [1.82, 2.24) is 0 Å². The summed E-state index contributed by atoms with van der Waals surface area (Å²) in [5.41, 5.74) is 2.79. The fourth-order valence-corrected chi connectivity index (χ4v) is 5.19. The Morgan fingerprint density at radius 1 is 0.906 bits per heavy atom. The van der Waals surface area contributed by atoms with Gasteiger partial charge >= 0.3 is 5.97 Å². The van der Waals surface area contributed by atoms with Crippen LogP contribution in [0.4, 0.5) is 0 Å². The molecule has 1 fully saturated rings. The van der Waals surface area contributed by atoms with Crippen LogP contribution in [-0.4, -0.2) is 47.3 Å². The number of fused-ring (bicyclic) bond motifs is 3. The molecule has 2 aromatic carbocycles. The molecule has 2 aliphatic heterocycles. The molecule has 4 atom stereocenters. The Balaban J connectivity index is 1.74. The Morgan fingerprint density at radius 3 is 2.16 bits per heavy atom. The molecule has 170 valence electrons. The van der Waals surface area contributed by atoms with Crippen LogP contribution in [0.25, 0.3) is 0 Å². The van der Waals surface area contributed by atoms with E-state index in [1.807, 2.05) is 31.2 Å². The van der Waals surface area contributed by atoms with Crippen LogP contribution in [0.2, 0.25) is 0 Å². The normalized spacial score (nSPS) is 25.1. The van der Waals surface area contributed by atoms with E-state index in [-0.39, 0.29) is 30.7 Å². The monoisotopic (exact) mass is 442 g/mol. The molecule has 0 unspecified atom stereocenters. The molecular formula is C24H26O8. The first-order valence-electron chi connectivity index (χ1n) is 10.6. The summed E-state index contributed by atoms with van der Waals surface area (Å²) in [5.74, 6) is 1.81. The van der Waals surface area contributed by atoms with Gasteiger partial charge in [0.05, 0.1) is 40.0 Å². The maximum atomic E-state index is 13.0. The number of rotatable bonds is 6. The minimum absolute atomic E-state index is 0.126. The Bertz CT molecular complexity index is 1020. The van der Waals surface area contributed by atoms with Crippen LogP contribution in [0.1, 0.15) is 35.6 Å². The van der Waals surface area contributed by atoms with Crippen LogP contribution in [-0.2, 0) is 14.3 Å². The fourth-order valence-electron chi connectivity index (χ4n) is 5.19. The van der Waals surface area contributed by atoms with Gasteiger partial charge in [0.25, 0.3) is 0 Å². The zero-order chi connectivity index (χ0) is 22.4. The Morgan fingerprint density at radius 2 is 1.56 bits per heavy atom. The number of cyclic esters (lactones) is 1. The molecule has 2 aromatic rings. The lowest BCUT2D eigenvalue weighted by molar-refractivity contribution is -0.141. The molecule has 0 aromatic heterocycles. The molecule has 1 aliphatic carbocycles. The van der Waals surface area contributed by atoms with Gasteiger partial charge in [-0.25, -0.2) is 0 Å². The molecule has 0 radical (unpaired) electrons. The highest BCUT2D eigenvalue weighted by Crippen LogP contribution is 2.56. The number of esters is 1. The predicted octanol–water partition coefficient (Wildman–Crippen LogP) is 3.45. The van der Waals surface area contributed by atoms with Gasteiger partial charge in [-0.1, -0.05) is 0 Å². The van der Waals surface area contributed by atoms with Crippen molar-refractivity contribution >= 4 is 5.97 Å². The summed E-state index contributed by atoms with van der Waals surface area (Å²) in [6, 6.07) is 7.72. The summed E-state index contributed by atoms with van der Waals surface area (Å²) in [4.78, 5) is 13.0. The van der Waals surface area contributed by atoms with E-state index in [4.69, 9.17) is 33.2 Å². The minimum Gasteiger partial charge on any atom is -0.493 e. The van der Waals surface area contributed by atoms with Gasteiger partial charge in [0.15, 0.2) is 23.0 Å². The number of hydrogen-bond acceptors (Lipinski definition) is 8. The van der Waals surface area contributed by atoms with E-state index in [2.05, 4.69) is 0 Å². The van der Waals surface area contributed by atoms with Gasteiger partial charge in [0.2, 0.25) is 12.5 Å². The van der Waals surface area contributed by atoms with Crippen molar-refractivity contribution in [1.29, 1.82) is 0 Å². The van der Waals surface area contributed by atoms with E-state index in [0.717, 1.165) is 16.7 Å². The van der Waals surface area contributed by atoms with E-state index < -0.39 is 5.92 Å². The van der Waals surface area contributed by atoms with E-state index in [1.165, 1.54) is 0 Å². The standard InChI is InChI=1S/C24H26O8/c1-5-29-22-14-9-17-16(31-11-32-17)8-13(14)20(21-15(22)10-30-24(21)25)12-6-18(26-2)23(28-4)19(7-12)27-3/h6-9,15,20-22H,5,10-11H2,1-4H3/t15-,20+,21-,22-/m0/s1. The van der Waals surface area contributed by atoms with Gasteiger partial charge in [-0.05, 0) is 47.9 Å². The van der Waals surface area contributed by atoms with Crippen molar-refractivity contribution in [2.24, 2.45) is 11.8 Å². The number of hydrogen-bond donors (Lipinski definition) is 0. The average Bonchev–Trinajstić information content (AvgIpc) is 3.43. The topological polar surface area (TPSA) is 81.7 Å². The highest BCUT2D eigenvalue weighted by Gasteiger charge is 2.53. The Hall–Kier alpha value is -3.13. The third-order valence-corrected chi connectivity index (χ3v) is 6.51. The third-order valence-electron chi connectivity index (χ3n) is 6.51. The van der Waals surface area contributed by atoms with Crippen LogP contribution < -0.4 is 23.7 Å². The number of carbonyl (C=O) groups excluding carboxylic acids is 1. The van der Waals surface area contributed by atoms with Crippen LogP contribution in [0.15, 0.2) is 24.3 Å². The van der Waals surface area contributed by atoms with Gasteiger partial charge in [-0.15, -0.1) is 0 Å². The second-order valence-corrected chi connectivity index (χ2v) is 7.97. The second-order valence-electron chi connectivity index (χ2n) is 7.97. The largest absolute Gasteiger partial charge is 0.493 e. The number of benzene rings is 2. The van der Waals surface area contributed by atoms with Crippen molar-refractivity contribution in [3.05, 3.63) is 41.0 Å². The molecule has 32 heavy (non-hydrogen) atoms. The SMILES string of the molecule is CCO[C@H]1c2cc3c(cc2[C@@H](c2cc(OC)c(OC)c(OC)c2)[C@H]2C(=O)OC[C@@H]21)OCO3. The van der Waals surface area contributed by atoms with Crippen LogP contribution in [0.5, 0.6) is 28.7 Å². The molecule has 0 bridgehead atoms. The van der Waals surface area contributed by atoms with Crippen molar-refractivity contribution in [3.8, 4) is 28.7 Å². The van der Waals surface area contributed by atoms with E-state index in [9.17, 15) is 4.79 Å². The minimum atomic E-state index is -0.415. The van der Waals surface area contributed by atoms with Crippen molar-refractivity contribution in [2.45, 2.75) is 18.9 Å². The number of ether oxygens (including phenoxy) is 7. The van der Waals surface area contributed by atoms with Gasteiger partial charge in [0, 0.05) is 18.4 Å². The molecule has 2 heterocycles. The first-order valence-corrected chi connectivity index (χ1v) is 10.6. The lowest BCUT2D eigenvalue weighted by Gasteiger charge is -2.39. The zero-order valence-corrected chi connectivity index (χ0v) is 18.5. The third kappa shape index (κ3) is 3.04. The summed E-state index contributed by atoms with van der Waals surface area (Å²) in [5, 5.41) is 0. The lowest BCUT2D eigenvalue weighted by atomic mass is 9.66. The fraction of sp³-hybridized carbons (Fsp3) is 0.458. The van der Waals surface area contributed by atoms with Gasteiger partial charge < -0.3 is 33.2 Å². The summed E-state index contributed by atoms with van der Waals surface area (Å²) < 4.78 is 39.6. The zero-order valence-electron chi connectivity index (χ0n) is 18.5. The smallest absolute Gasteiger partial charge is 0.310 e. The van der Waals surface area contributed by atoms with Crippen molar-refractivity contribution < 1.29 is 38.0 Å². The van der Waals surface area contributed by atoms with Crippen LogP contribution >= 0.6 is 0 Å². The first kappa shape index (κ1) is 20.8.